The van der Waals surface area contributed by atoms with Crippen molar-refractivity contribution in [3.8, 4) is 11.4 Å². The van der Waals surface area contributed by atoms with Crippen LogP contribution in [0.4, 0.5) is 11.8 Å². The van der Waals surface area contributed by atoms with Gasteiger partial charge in [0.05, 0.1) is 0 Å². The van der Waals surface area contributed by atoms with Crippen LogP contribution >= 0.6 is 0 Å². The highest BCUT2D eigenvalue weighted by molar-refractivity contribution is 5.52. The highest BCUT2D eigenvalue weighted by Crippen LogP contribution is 2.20. The van der Waals surface area contributed by atoms with Crippen molar-refractivity contribution in [2.75, 3.05) is 11.1 Å². The fourth-order valence-electron chi connectivity index (χ4n) is 1.98. The maximum Gasteiger partial charge on any atom is 0.249 e. The number of hydrogen-bond donors (Lipinski definition) is 2. The summed E-state index contributed by atoms with van der Waals surface area (Å²) in [6.07, 6.45) is 3.36. The molecule has 0 aliphatic carbocycles. The monoisotopic (exact) mass is 297 g/mol. The van der Waals surface area contributed by atoms with Gasteiger partial charge in [0.2, 0.25) is 17.7 Å². The average Bonchev–Trinajstić information content (AvgIpc) is 2.97. The Bertz CT molecular complexity index is 752. The molecule has 0 aliphatic rings. The van der Waals surface area contributed by atoms with Gasteiger partial charge in [-0.25, -0.2) is 4.98 Å². The van der Waals surface area contributed by atoms with E-state index < -0.39 is 0 Å². The Balaban J connectivity index is 1.78. The Morgan fingerprint density at radius 3 is 2.68 bits per heavy atom. The summed E-state index contributed by atoms with van der Waals surface area (Å²) in [4.78, 5) is 16.5. The number of nitrogens with two attached hydrogens (primary N) is 1. The molecule has 3 rings (SSSR count). The standard InChI is InChI=1S/C14H15N7O/c1-8-7-11(19-14(15)17-8)18-9(2)13-20-12(21-22-13)10-3-5-16-6-4-10/h3-7,9H,1-2H3,(H3,15,17,18,19). The highest BCUT2D eigenvalue weighted by Gasteiger charge is 2.16. The fourth-order valence-corrected chi connectivity index (χ4v) is 1.98. The SMILES string of the molecule is Cc1cc(NC(C)c2nc(-c3ccncc3)no2)nc(N)n1. The molecule has 0 fully saturated rings. The number of nitrogen functional groups attached to an aromatic ring is 1. The van der Waals surface area contributed by atoms with E-state index in [4.69, 9.17) is 10.3 Å². The van der Waals surface area contributed by atoms with Gasteiger partial charge in [0.25, 0.3) is 0 Å². The van der Waals surface area contributed by atoms with Crippen LogP contribution in [0, 0.1) is 6.92 Å². The molecule has 3 N–H and O–H groups in total. The second kappa shape index (κ2) is 5.76. The summed E-state index contributed by atoms with van der Waals surface area (Å²) in [5.41, 5.74) is 7.26. The van der Waals surface area contributed by atoms with E-state index in [1.807, 2.05) is 26.0 Å². The van der Waals surface area contributed by atoms with Crippen molar-refractivity contribution in [2.24, 2.45) is 0 Å². The van der Waals surface area contributed by atoms with Crippen molar-refractivity contribution in [3.05, 3.63) is 42.2 Å². The molecule has 3 heterocycles. The number of aromatic nitrogens is 5. The molecule has 8 nitrogen and oxygen atoms in total. The minimum atomic E-state index is -0.211. The first kappa shape index (κ1) is 13.9. The van der Waals surface area contributed by atoms with Gasteiger partial charge in [-0.3, -0.25) is 4.98 Å². The van der Waals surface area contributed by atoms with Gasteiger partial charge in [-0.2, -0.15) is 9.97 Å². The summed E-state index contributed by atoms with van der Waals surface area (Å²) in [6.45, 7) is 3.75. The zero-order valence-electron chi connectivity index (χ0n) is 12.2. The Kier molecular flexibility index (Phi) is 3.65. The number of pyridine rings is 1. The molecule has 0 amide bonds. The lowest BCUT2D eigenvalue weighted by Gasteiger charge is -2.10. The van der Waals surface area contributed by atoms with E-state index in [1.165, 1.54) is 0 Å². The molecule has 0 radical (unpaired) electrons. The topological polar surface area (TPSA) is 116 Å². The minimum absolute atomic E-state index is 0.211. The van der Waals surface area contributed by atoms with Gasteiger partial charge in [0, 0.05) is 29.7 Å². The molecule has 0 saturated heterocycles. The van der Waals surface area contributed by atoms with E-state index in [-0.39, 0.29) is 12.0 Å². The molecule has 112 valence electrons. The summed E-state index contributed by atoms with van der Waals surface area (Å²) >= 11 is 0. The van der Waals surface area contributed by atoms with Crippen LogP contribution in [0.25, 0.3) is 11.4 Å². The molecule has 0 bridgehead atoms. The number of aryl methyl sites for hydroxylation is 1. The number of nitrogens with zero attached hydrogens (tertiary/aromatic N) is 5. The van der Waals surface area contributed by atoms with Crippen molar-refractivity contribution in [1.82, 2.24) is 25.1 Å². The van der Waals surface area contributed by atoms with Crippen molar-refractivity contribution >= 4 is 11.8 Å². The second-order valence-corrected chi connectivity index (χ2v) is 4.81. The normalized spacial score (nSPS) is 12.1. The van der Waals surface area contributed by atoms with E-state index in [1.54, 1.807) is 18.5 Å². The van der Waals surface area contributed by atoms with Crippen LogP contribution in [0.2, 0.25) is 0 Å². The Morgan fingerprint density at radius 2 is 1.95 bits per heavy atom. The van der Waals surface area contributed by atoms with E-state index in [0.717, 1.165) is 11.3 Å². The van der Waals surface area contributed by atoms with Crippen LogP contribution in [0.1, 0.15) is 24.6 Å². The summed E-state index contributed by atoms with van der Waals surface area (Å²) in [6, 6.07) is 5.23. The van der Waals surface area contributed by atoms with E-state index in [9.17, 15) is 0 Å². The Labute approximate surface area is 126 Å². The molecule has 1 atom stereocenters. The van der Waals surface area contributed by atoms with Gasteiger partial charge in [-0.05, 0) is 26.0 Å². The van der Waals surface area contributed by atoms with Crippen LogP contribution in [0.3, 0.4) is 0 Å². The van der Waals surface area contributed by atoms with Gasteiger partial charge in [-0.1, -0.05) is 5.16 Å². The predicted molar refractivity (Wildman–Crippen MR) is 80.7 cm³/mol. The van der Waals surface area contributed by atoms with Crippen molar-refractivity contribution < 1.29 is 4.52 Å². The molecule has 1 unspecified atom stereocenters. The first-order valence-corrected chi connectivity index (χ1v) is 6.73. The van der Waals surface area contributed by atoms with Crippen molar-refractivity contribution in [2.45, 2.75) is 19.9 Å². The molecule has 0 aliphatic heterocycles. The summed E-state index contributed by atoms with van der Waals surface area (Å²) in [5.74, 6) is 1.81. The number of rotatable bonds is 4. The van der Waals surface area contributed by atoms with Crippen molar-refractivity contribution in [1.29, 1.82) is 0 Å². The third kappa shape index (κ3) is 3.00. The fraction of sp³-hybridized carbons (Fsp3) is 0.214. The first-order valence-electron chi connectivity index (χ1n) is 6.73. The molecule has 22 heavy (non-hydrogen) atoms. The molecule has 3 aromatic heterocycles. The maximum atomic E-state index is 5.63. The zero-order valence-corrected chi connectivity index (χ0v) is 12.2. The molecule has 0 saturated carbocycles. The summed E-state index contributed by atoms with van der Waals surface area (Å²) < 4.78 is 5.29. The lowest BCUT2D eigenvalue weighted by atomic mass is 10.2. The average molecular weight is 297 g/mol. The molecule has 0 aromatic carbocycles. The molecule has 8 heteroatoms. The molecular formula is C14H15N7O. The van der Waals surface area contributed by atoms with Crippen LogP contribution in [0.15, 0.2) is 35.1 Å². The predicted octanol–water partition coefficient (Wildman–Crippen LogP) is 1.99. The van der Waals surface area contributed by atoms with Crippen LogP contribution in [-0.4, -0.2) is 25.1 Å². The van der Waals surface area contributed by atoms with Crippen LogP contribution in [-0.2, 0) is 0 Å². The third-order valence-corrected chi connectivity index (χ3v) is 2.99. The second-order valence-electron chi connectivity index (χ2n) is 4.81. The Hall–Kier alpha value is -3.03. The van der Waals surface area contributed by atoms with Crippen LogP contribution < -0.4 is 11.1 Å². The van der Waals surface area contributed by atoms with Gasteiger partial charge < -0.3 is 15.6 Å². The molecule has 3 aromatic rings. The van der Waals surface area contributed by atoms with Crippen molar-refractivity contribution in [3.63, 3.8) is 0 Å². The van der Waals surface area contributed by atoms with Gasteiger partial charge in [-0.15, -0.1) is 0 Å². The minimum Gasteiger partial charge on any atom is -0.368 e. The van der Waals surface area contributed by atoms with E-state index >= 15 is 0 Å². The van der Waals surface area contributed by atoms with E-state index in [0.29, 0.717) is 17.5 Å². The maximum absolute atomic E-state index is 5.63. The summed E-state index contributed by atoms with van der Waals surface area (Å²) in [5, 5.41) is 7.14. The number of anilines is 2. The van der Waals surface area contributed by atoms with Gasteiger partial charge in [0.15, 0.2) is 0 Å². The third-order valence-electron chi connectivity index (χ3n) is 2.99. The Morgan fingerprint density at radius 1 is 1.18 bits per heavy atom. The van der Waals surface area contributed by atoms with Gasteiger partial charge in [0.1, 0.15) is 11.9 Å². The largest absolute Gasteiger partial charge is 0.368 e. The zero-order chi connectivity index (χ0) is 15.5. The van der Waals surface area contributed by atoms with Gasteiger partial charge >= 0.3 is 0 Å². The molecule has 0 spiro atoms. The van der Waals surface area contributed by atoms with Crippen LogP contribution in [0.5, 0.6) is 0 Å². The van der Waals surface area contributed by atoms with E-state index in [2.05, 4.69) is 30.4 Å². The highest BCUT2D eigenvalue weighted by atomic mass is 16.5. The quantitative estimate of drug-likeness (QED) is 0.751. The number of hydrogen-bond acceptors (Lipinski definition) is 8. The first-order chi connectivity index (χ1) is 10.6. The number of nitrogens with one attached hydrogen (secondary N) is 1. The molecular weight excluding hydrogens is 282 g/mol. The smallest absolute Gasteiger partial charge is 0.249 e. The lowest BCUT2D eigenvalue weighted by molar-refractivity contribution is 0.367. The lowest BCUT2D eigenvalue weighted by Crippen LogP contribution is -2.10. The summed E-state index contributed by atoms with van der Waals surface area (Å²) in [7, 11) is 0.